The number of pyridine rings is 1. The normalized spacial score (nSPS) is 14.9. The molecule has 0 unspecified atom stereocenters. The average Bonchev–Trinajstić information content (AvgIpc) is 3.11. The SMILES string of the molecule is Cc1ccn2ncc(C(=O)N3CCN(c4ccc(CN(C)C)cn4)CC3)c2n1. The number of anilines is 1. The van der Waals surface area contributed by atoms with E-state index in [0.29, 0.717) is 24.3 Å². The van der Waals surface area contributed by atoms with Crippen LogP contribution in [0, 0.1) is 6.92 Å². The molecule has 0 radical (unpaired) electrons. The largest absolute Gasteiger partial charge is 0.353 e. The van der Waals surface area contributed by atoms with Crippen LogP contribution in [0.25, 0.3) is 5.65 Å². The topological polar surface area (TPSA) is 69.9 Å². The van der Waals surface area contributed by atoms with E-state index in [1.807, 2.05) is 44.4 Å². The molecule has 0 atom stereocenters. The van der Waals surface area contributed by atoms with Crippen LogP contribution in [-0.2, 0) is 6.54 Å². The van der Waals surface area contributed by atoms with E-state index in [2.05, 4.69) is 37.0 Å². The quantitative estimate of drug-likeness (QED) is 0.684. The van der Waals surface area contributed by atoms with Crippen molar-refractivity contribution in [3.05, 3.63) is 53.6 Å². The Kier molecular flexibility index (Phi) is 4.95. The third-order valence-corrected chi connectivity index (χ3v) is 4.94. The van der Waals surface area contributed by atoms with Gasteiger partial charge in [-0.05, 0) is 38.7 Å². The summed E-state index contributed by atoms with van der Waals surface area (Å²) in [5.74, 6) is 0.949. The molecule has 8 heteroatoms. The zero-order valence-corrected chi connectivity index (χ0v) is 16.5. The molecule has 0 aliphatic carbocycles. The smallest absolute Gasteiger partial charge is 0.259 e. The maximum Gasteiger partial charge on any atom is 0.259 e. The molecule has 1 aliphatic heterocycles. The predicted octanol–water partition coefficient (Wildman–Crippen LogP) is 1.46. The van der Waals surface area contributed by atoms with Crippen LogP contribution in [-0.4, -0.2) is 75.6 Å². The molecule has 8 nitrogen and oxygen atoms in total. The van der Waals surface area contributed by atoms with E-state index in [1.54, 1.807) is 10.7 Å². The number of rotatable bonds is 4. The van der Waals surface area contributed by atoms with E-state index in [4.69, 9.17) is 0 Å². The van der Waals surface area contributed by atoms with E-state index < -0.39 is 0 Å². The van der Waals surface area contributed by atoms with Crippen LogP contribution in [0.15, 0.2) is 36.8 Å². The fourth-order valence-corrected chi connectivity index (χ4v) is 3.48. The summed E-state index contributed by atoms with van der Waals surface area (Å²) < 4.78 is 1.65. The fourth-order valence-electron chi connectivity index (χ4n) is 3.48. The number of aryl methyl sites for hydroxylation is 1. The van der Waals surface area contributed by atoms with Gasteiger partial charge < -0.3 is 14.7 Å². The Morgan fingerprint density at radius 1 is 1.11 bits per heavy atom. The first kappa shape index (κ1) is 18.4. The number of aromatic nitrogens is 4. The predicted molar refractivity (Wildman–Crippen MR) is 107 cm³/mol. The maximum absolute atomic E-state index is 13.0. The van der Waals surface area contributed by atoms with E-state index in [1.165, 1.54) is 5.56 Å². The molecule has 4 heterocycles. The molecular formula is C20H25N7O. The van der Waals surface area contributed by atoms with Crippen molar-refractivity contribution in [2.24, 2.45) is 0 Å². The van der Waals surface area contributed by atoms with E-state index in [-0.39, 0.29) is 5.91 Å². The Hall–Kier alpha value is -3.00. The number of piperazine rings is 1. The van der Waals surface area contributed by atoms with E-state index >= 15 is 0 Å². The lowest BCUT2D eigenvalue weighted by Crippen LogP contribution is -2.49. The van der Waals surface area contributed by atoms with Crippen LogP contribution in [0.4, 0.5) is 5.82 Å². The van der Waals surface area contributed by atoms with Gasteiger partial charge in [-0.2, -0.15) is 5.10 Å². The minimum absolute atomic E-state index is 0.0120. The van der Waals surface area contributed by atoms with Gasteiger partial charge in [-0.3, -0.25) is 4.79 Å². The number of nitrogens with zero attached hydrogens (tertiary/aromatic N) is 7. The Labute approximate surface area is 164 Å². The lowest BCUT2D eigenvalue weighted by Gasteiger charge is -2.35. The molecule has 3 aromatic heterocycles. The van der Waals surface area contributed by atoms with E-state index in [0.717, 1.165) is 31.1 Å². The summed E-state index contributed by atoms with van der Waals surface area (Å²) in [6.45, 7) is 5.63. The van der Waals surface area contributed by atoms with Gasteiger partial charge in [0.2, 0.25) is 0 Å². The summed E-state index contributed by atoms with van der Waals surface area (Å²) in [6, 6.07) is 6.06. The first-order valence-corrected chi connectivity index (χ1v) is 9.46. The molecule has 0 aromatic carbocycles. The van der Waals surface area contributed by atoms with Crippen LogP contribution in [0.3, 0.4) is 0 Å². The van der Waals surface area contributed by atoms with Gasteiger partial charge in [-0.25, -0.2) is 14.5 Å². The Morgan fingerprint density at radius 2 is 1.89 bits per heavy atom. The van der Waals surface area contributed by atoms with Gasteiger partial charge in [0.15, 0.2) is 5.65 Å². The van der Waals surface area contributed by atoms with Crippen molar-refractivity contribution in [2.45, 2.75) is 13.5 Å². The summed E-state index contributed by atoms with van der Waals surface area (Å²) >= 11 is 0. The molecule has 1 aliphatic rings. The molecule has 0 N–H and O–H groups in total. The van der Waals surface area contributed by atoms with Gasteiger partial charge in [-0.1, -0.05) is 6.07 Å². The number of hydrogen-bond acceptors (Lipinski definition) is 6. The molecular weight excluding hydrogens is 354 g/mol. The molecule has 146 valence electrons. The van der Waals surface area contributed by atoms with Crippen molar-refractivity contribution in [2.75, 3.05) is 45.2 Å². The second-order valence-corrected chi connectivity index (χ2v) is 7.44. The van der Waals surface area contributed by atoms with Crippen molar-refractivity contribution in [1.82, 2.24) is 29.4 Å². The van der Waals surface area contributed by atoms with Crippen molar-refractivity contribution < 1.29 is 4.79 Å². The average molecular weight is 379 g/mol. The Balaban J connectivity index is 1.42. The Morgan fingerprint density at radius 3 is 2.57 bits per heavy atom. The molecule has 1 saturated heterocycles. The van der Waals surface area contributed by atoms with Crippen LogP contribution < -0.4 is 4.90 Å². The van der Waals surface area contributed by atoms with Crippen molar-refractivity contribution in [1.29, 1.82) is 0 Å². The number of amides is 1. The van der Waals surface area contributed by atoms with Crippen molar-refractivity contribution in [3.8, 4) is 0 Å². The number of fused-ring (bicyclic) bond motifs is 1. The number of hydrogen-bond donors (Lipinski definition) is 0. The number of carbonyl (C=O) groups excluding carboxylic acids is 1. The molecule has 1 fully saturated rings. The zero-order valence-electron chi connectivity index (χ0n) is 16.5. The van der Waals surface area contributed by atoms with Crippen molar-refractivity contribution >= 4 is 17.4 Å². The third-order valence-electron chi connectivity index (χ3n) is 4.94. The highest BCUT2D eigenvalue weighted by atomic mass is 16.2. The lowest BCUT2D eigenvalue weighted by molar-refractivity contribution is 0.0748. The second kappa shape index (κ2) is 7.55. The molecule has 0 saturated carbocycles. The number of carbonyl (C=O) groups is 1. The van der Waals surface area contributed by atoms with E-state index in [9.17, 15) is 4.79 Å². The summed E-state index contributed by atoms with van der Waals surface area (Å²) in [5, 5.41) is 4.25. The van der Waals surface area contributed by atoms with Crippen LogP contribution in [0.1, 0.15) is 21.6 Å². The van der Waals surface area contributed by atoms with Crippen LogP contribution in [0.2, 0.25) is 0 Å². The van der Waals surface area contributed by atoms with Gasteiger partial charge >= 0.3 is 0 Å². The first-order chi connectivity index (χ1) is 13.5. The van der Waals surface area contributed by atoms with Gasteiger partial charge in [0, 0.05) is 50.8 Å². The van der Waals surface area contributed by atoms with Gasteiger partial charge in [0.25, 0.3) is 5.91 Å². The highest BCUT2D eigenvalue weighted by Gasteiger charge is 2.25. The summed E-state index contributed by atoms with van der Waals surface area (Å²) in [6.07, 6.45) is 5.37. The second-order valence-electron chi connectivity index (χ2n) is 7.44. The summed E-state index contributed by atoms with van der Waals surface area (Å²) in [4.78, 5) is 28.3. The van der Waals surface area contributed by atoms with Gasteiger partial charge in [0.05, 0.1) is 6.20 Å². The van der Waals surface area contributed by atoms with Crippen LogP contribution >= 0.6 is 0 Å². The Bertz CT molecular complexity index is 972. The molecule has 0 bridgehead atoms. The minimum atomic E-state index is -0.0120. The molecule has 4 rings (SSSR count). The first-order valence-electron chi connectivity index (χ1n) is 9.46. The third kappa shape index (κ3) is 3.68. The molecule has 28 heavy (non-hydrogen) atoms. The van der Waals surface area contributed by atoms with Gasteiger partial charge in [-0.15, -0.1) is 0 Å². The van der Waals surface area contributed by atoms with Crippen LogP contribution in [0.5, 0.6) is 0 Å². The minimum Gasteiger partial charge on any atom is -0.353 e. The monoisotopic (exact) mass is 379 g/mol. The molecule has 0 spiro atoms. The fraction of sp³-hybridized carbons (Fsp3) is 0.400. The lowest BCUT2D eigenvalue weighted by atomic mass is 10.2. The molecule has 1 amide bonds. The highest BCUT2D eigenvalue weighted by molar-refractivity contribution is 5.99. The molecule has 3 aromatic rings. The van der Waals surface area contributed by atoms with Gasteiger partial charge in [0.1, 0.15) is 11.4 Å². The summed E-state index contributed by atoms with van der Waals surface area (Å²) in [5.41, 5.74) is 3.24. The maximum atomic E-state index is 13.0. The highest BCUT2D eigenvalue weighted by Crippen LogP contribution is 2.17. The summed E-state index contributed by atoms with van der Waals surface area (Å²) in [7, 11) is 4.09. The van der Waals surface area contributed by atoms with Crippen molar-refractivity contribution in [3.63, 3.8) is 0 Å². The standard InChI is InChI=1S/C20H25N7O/c1-15-6-7-27-19(23-15)17(13-22-27)20(28)26-10-8-25(9-11-26)18-5-4-16(12-21-18)14-24(2)3/h4-7,12-13H,8-11,14H2,1-3H3. The zero-order chi connectivity index (χ0) is 19.7.